The van der Waals surface area contributed by atoms with Gasteiger partial charge in [-0.25, -0.2) is 8.42 Å². The molecule has 1 heterocycles. The zero-order valence-corrected chi connectivity index (χ0v) is 21.0. The molecule has 6 heteroatoms. The minimum atomic E-state index is -3.11. The largest absolute Gasteiger partial charge is 0.464 e. The smallest absolute Gasteiger partial charge is 0.175 e. The molecule has 1 aromatic carbocycles. The lowest BCUT2D eigenvalue weighted by molar-refractivity contribution is -0.120. The number of carbonyl (C=O) groups is 1. The zero-order chi connectivity index (χ0) is 24.0. The third kappa shape index (κ3) is 11.0. The normalized spacial score (nSPS) is 12.2. The number of Topliss-reactive ketones (excluding diaryl/α,β-unsaturated/α-hetero) is 1. The predicted octanol–water partition coefficient (Wildman–Crippen LogP) is 6.61. The summed E-state index contributed by atoms with van der Waals surface area (Å²) < 4.78 is 27.4. The van der Waals surface area contributed by atoms with Gasteiger partial charge in [-0.1, -0.05) is 46.3 Å². The van der Waals surface area contributed by atoms with E-state index in [9.17, 15) is 13.2 Å². The number of furan rings is 1. The van der Waals surface area contributed by atoms with Crippen LogP contribution in [0, 0.1) is 5.92 Å². The van der Waals surface area contributed by atoms with E-state index in [-0.39, 0.29) is 11.7 Å². The lowest BCUT2D eigenvalue weighted by atomic mass is 9.95. The fourth-order valence-corrected chi connectivity index (χ4v) is 3.33. The number of hydrogen-bond donors (Lipinski definition) is 0. The van der Waals surface area contributed by atoms with Crippen molar-refractivity contribution in [1.29, 1.82) is 0 Å². The number of sulfone groups is 1. The lowest BCUT2D eigenvalue weighted by Crippen LogP contribution is -2.09. The summed E-state index contributed by atoms with van der Waals surface area (Å²) in [5.74, 6) is 0.393. The van der Waals surface area contributed by atoms with Gasteiger partial charge in [-0.2, -0.15) is 0 Å². The average molecular weight is 450 g/mol. The van der Waals surface area contributed by atoms with Crippen LogP contribution in [0.1, 0.15) is 60.3 Å². The first kappa shape index (κ1) is 28.7. The van der Waals surface area contributed by atoms with Gasteiger partial charge >= 0.3 is 0 Å². The molecule has 1 aromatic heterocycles. The summed E-state index contributed by atoms with van der Waals surface area (Å²) in [6, 6.07) is 6.55. The molecular formula is C25H39NO4S. The van der Waals surface area contributed by atoms with E-state index in [4.69, 9.17) is 4.42 Å². The maximum Gasteiger partial charge on any atom is 0.175 e. The number of rotatable bonds is 9. The third-order valence-corrected chi connectivity index (χ3v) is 5.75. The predicted molar refractivity (Wildman–Crippen MR) is 131 cm³/mol. The number of unbranched alkanes of at least 4 members (excludes halogenated alkanes) is 1. The van der Waals surface area contributed by atoms with Crippen LogP contribution in [0.3, 0.4) is 0 Å². The summed E-state index contributed by atoms with van der Waals surface area (Å²) >= 11 is 0. The van der Waals surface area contributed by atoms with Crippen LogP contribution in [-0.4, -0.2) is 32.4 Å². The fourth-order valence-electron chi connectivity index (χ4n) is 2.68. The van der Waals surface area contributed by atoms with Crippen molar-refractivity contribution in [2.24, 2.45) is 5.92 Å². The summed E-state index contributed by atoms with van der Waals surface area (Å²) in [7, 11) is -1.14. The second-order valence-electron chi connectivity index (χ2n) is 7.35. The Labute approximate surface area is 188 Å². The maximum absolute atomic E-state index is 11.2. The Morgan fingerprint density at radius 1 is 1.26 bits per heavy atom. The topological polar surface area (TPSA) is 67.6 Å². The van der Waals surface area contributed by atoms with E-state index in [1.54, 1.807) is 37.4 Å². The van der Waals surface area contributed by atoms with Crippen molar-refractivity contribution in [3.8, 4) is 0 Å². The second kappa shape index (κ2) is 14.6. The van der Waals surface area contributed by atoms with Crippen LogP contribution in [0.15, 0.2) is 64.4 Å². The van der Waals surface area contributed by atoms with Gasteiger partial charge in [-0.3, -0.25) is 4.79 Å². The van der Waals surface area contributed by atoms with Gasteiger partial charge in [0.25, 0.3) is 0 Å². The van der Waals surface area contributed by atoms with E-state index in [1.165, 1.54) is 30.9 Å². The molecule has 2 aromatic rings. The van der Waals surface area contributed by atoms with Gasteiger partial charge in [0.05, 0.1) is 11.2 Å². The molecule has 5 nitrogen and oxygen atoms in total. The van der Waals surface area contributed by atoms with Crippen molar-refractivity contribution < 1.29 is 17.6 Å². The van der Waals surface area contributed by atoms with Gasteiger partial charge in [-0.05, 0) is 56.7 Å². The van der Waals surface area contributed by atoms with Gasteiger partial charge in [0.1, 0.15) is 11.4 Å². The first-order valence-electron chi connectivity index (χ1n) is 10.8. The molecule has 0 amide bonds. The number of allylic oxidation sites excluding steroid dienone is 1. The minimum Gasteiger partial charge on any atom is -0.464 e. The summed E-state index contributed by atoms with van der Waals surface area (Å²) in [5.41, 5.74) is 2.04. The number of nitrogens with zero attached hydrogens (tertiary/aromatic N) is 1. The van der Waals surface area contributed by atoms with Crippen LogP contribution in [0.2, 0.25) is 0 Å². The molecule has 0 saturated carbocycles. The van der Waals surface area contributed by atoms with Crippen LogP contribution in [0.5, 0.6) is 0 Å². The molecular weight excluding hydrogens is 410 g/mol. The molecule has 0 aliphatic carbocycles. The van der Waals surface area contributed by atoms with E-state index in [1.807, 2.05) is 32.7 Å². The minimum absolute atomic E-state index is 0.126. The van der Waals surface area contributed by atoms with Crippen LogP contribution >= 0.6 is 0 Å². The first-order chi connectivity index (χ1) is 14.6. The molecule has 0 radical (unpaired) electrons. The molecule has 0 fully saturated rings. The second-order valence-corrected chi connectivity index (χ2v) is 9.36. The Morgan fingerprint density at radius 2 is 1.90 bits per heavy atom. The third-order valence-electron chi connectivity index (χ3n) is 4.64. The molecule has 1 atom stereocenters. The van der Waals surface area contributed by atoms with E-state index in [0.29, 0.717) is 10.5 Å². The van der Waals surface area contributed by atoms with E-state index in [0.717, 1.165) is 18.2 Å². The standard InChI is InChI=1S/C14H25NO.C9H8O3S.C2H6/c1-6-8-9-14(11-15(5)7-2)10-12(3)13(4)16;1-13(10,11)8-2-3-9-7(6-8)4-5-12-9;1-2/h7,11-12H,2,6,8-10H2,1,3-5H3;2-6H,1H3;1-2H3/b14-11+;;. The van der Waals surface area contributed by atoms with E-state index in [2.05, 4.69) is 19.7 Å². The zero-order valence-electron chi connectivity index (χ0n) is 20.1. The first-order valence-corrected chi connectivity index (χ1v) is 12.7. The monoisotopic (exact) mass is 449 g/mol. The Kier molecular flexibility index (Phi) is 13.5. The van der Waals surface area contributed by atoms with Gasteiger partial charge in [-0.15, -0.1) is 0 Å². The number of carbonyl (C=O) groups excluding carboxylic acids is 1. The highest BCUT2D eigenvalue weighted by Gasteiger charge is 2.10. The molecule has 0 bridgehead atoms. The number of benzene rings is 1. The summed E-state index contributed by atoms with van der Waals surface area (Å²) in [4.78, 5) is 13.5. The molecule has 2 rings (SSSR count). The Hall–Kier alpha value is -2.34. The van der Waals surface area contributed by atoms with Gasteiger partial charge in [0.2, 0.25) is 0 Å². The lowest BCUT2D eigenvalue weighted by Gasteiger charge is -2.15. The highest BCUT2D eigenvalue weighted by Crippen LogP contribution is 2.20. The Bertz CT molecular complexity index is 941. The van der Waals surface area contributed by atoms with Gasteiger partial charge in [0, 0.05) is 30.8 Å². The average Bonchev–Trinajstić information content (AvgIpc) is 3.21. The molecule has 31 heavy (non-hydrogen) atoms. The molecule has 1 unspecified atom stereocenters. The van der Waals surface area contributed by atoms with Crippen molar-refractivity contribution in [2.75, 3.05) is 13.3 Å². The van der Waals surface area contributed by atoms with Crippen LogP contribution in [-0.2, 0) is 14.6 Å². The number of fused-ring (bicyclic) bond motifs is 1. The molecule has 0 aliphatic heterocycles. The number of hydrogen-bond acceptors (Lipinski definition) is 5. The summed E-state index contributed by atoms with van der Waals surface area (Å²) in [5, 5.41) is 0.808. The summed E-state index contributed by atoms with van der Waals surface area (Å²) in [6.45, 7) is 13.6. The van der Waals surface area contributed by atoms with Crippen molar-refractivity contribution >= 4 is 26.6 Å². The van der Waals surface area contributed by atoms with Crippen molar-refractivity contribution in [2.45, 2.75) is 65.2 Å². The SMILES string of the molecule is C=CN(C)/C=C(\CCCC)CC(C)C(C)=O.CC.CS(=O)(=O)c1ccc2occc2c1. The van der Waals surface area contributed by atoms with Crippen LogP contribution < -0.4 is 0 Å². The Morgan fingerprint density at radius 3 is 2.42 bits per heavy atom. The van der Waals surface area contributed by atoms with Gasteiger partial charge in [0.15, 0.2) is 9.84 Å². The number of ketones is 1. The molecule has 0 N–H and O–H groups in total. The van der Waals surface area contributed by atoms with E-state index >= 15 is 0 Å². The van der Waals surface area contributed by atoms with Gasteiger partial charge < -0.3 is 9.32 Å². The molecule has 0 aliphatic rings. The molecule has 0 saturated heterocycles. The Balaban J connectivity index is 0.000000544. The van der Waals surface area contributed by atoms with Crippen molar-refractivity contribution in [1.82, 2.24) is 4.90 Å². The van der Waals surface area contributed by atoms with Crippen LogP contribution in [0.4, 0.5) is 0 Å². The van der Waals surface area contributed by atoms with Crippen molar-refractivity contribution in [3.05, 3.63) is 55.1 Å². The van der Waals surface area contributed by atoms with Crippen LogP contribution in [0.25, 0.3) is 11.0 Å². The molecule has 0 spiro atoms. The maximum atomic E-state index is 11.2. The highest BCUT2D eigenvalue weighted by atomic mass is 32.2. The van der Waals surface area contributed by atoms with Crippen molar-refractivity contribution in [3.63, 3.8) is 0 Å². The highest BCUT2D eigenvalue weighted by molar-refractivity contribution is 7.90. The summed E-state index contributed by atoms with van der Waals surface area (Å²) in [6.07, 6.45) is 10.9. The quantitative estimate of drug-likeness (QED) is 0.431. The van der Waals surface area contributed by atoms with E-state index < -0.39 is 9.84 Å². The molecule has 174 valence electrons. The fraction of sp³-hybridized carbons (Fsp3) is 0.480.